The standard InChI is InChI=1S/C20H26N2O.C4H10/c1-23-19-11-9-17(10-12-19)15-21-16-18-7-3-4-8-20(18)22-13-5-2-6-14-22;1-4(2)3/h3-4,7-12,21H,2,5-6,13-16H2,1H3;4H,1-3H3. The van der Waals surface area contributed by atoms with Crippen molar-refractivity contribution in [2.75, 3.05) is 25.1 Å². The molecule has 0 radical (unpaired) electrons. The number of hydrogen-bond acceptors (Lipinski definition) is 3. The van der Waals surface area contributed by atoms with Crippen LogP contribution in [0.1, 0.15) is 51.2 Å². The number of anilines is 1. The second-order valence-corrected chi connectivity index (χ2v) is 7.86. The molecule has 0 saturated carbocycles. The molecule has 1 heterocycles. The molecule has 1 saturated heterocycles. The highest BCUT2D eigenvalue weighted by molar-refractivity contribution is 5.53. The number of rotatable bonds is 6. The molecular formula is C24H36N2O. The van der Waals surface area contributed by atoms with Crippen molar-refractivity contribution < 1.29 is 4.74 Å². The van der Waals surface area contributed by atoms with Gasteiger partial charge in [0.15, 0.2) is 0 Å². The number of ether oxygens (including phenoxy) is 1. The van der Waals surface area contributed by atoms with Gasteiger partial charge in [0, 0.05) is 31.9 Å². The van der Waals surface area contributed by atoms with Crippen LogP contribution in [0.5, 0.6) is 5.75 Å². The molecule has 1 aliphatic heterocycles. The molecule has 0 bridgehead atoms. The monoisotopic (exact) mass is 368 g/mol. The predicted molar refractivity (Wildman–Crippen MR) is 117 cm³/mol. The van der Waals surface area contributed by atoms with E-state index >= 15 is 0 Å². The number of piperidine rings is 1. The fourth-order valence-electron chi connectivity index (χ4n) is 3.19. The first-order valence-corrected chi connectivity index (χ1v) is 10.3. The second kappa shape index (κ2) is 11.7. The first kappa shape index (κ1) is 21.3. The van der Waals surface area contributed by atoms with E-state index in [2.05, 4.69) is 67.4 Å². The van der Waals surface area contributed by atoms with Gasteiger partial charge in [-0.15, -0.1) is 0 Å². The highest BCUT2D eigenvalue weighted by Crippen LogP contribution is 2.24. The molecule has 0 aliphatic carbocycles. The molecule has 2 aromatic carbocycles. The van der Waals surface area contributed by atoms with Gasteiger partial charge >= 0.3 is 0 Å². The molecule has 3 nitrogen and oxygen atoms in total. The smallest absolute Gasteiger partial charge is 0.118 e. The molecule has 27 heavy (non-hydrogen) atoms. The molecule has 0 atom stereocenters. The van der Waals surface area contributed by atoms with Crippen LogP contribution >= 0.6 is 0 Å². The Morgan fingerprint density at radius 2 is 1.52 bits per heavy atom. The van der Waals surface area contributed by atoms with Gasteiger partial charge in [0.05, 0.1) is 7.11 Å². The third-order valence-electron chi connectivity index (χ3n) is 4.49. The zero-order valence-electron chi connectivity index (χ0n) is 17.5. The Kier molecular flexibility index (Phi) is 9.20. The molecule has 0 spiro atoms. The Morgan fingerprint density at radius 3 is 2.15 bits per heavy atom. The maximum Gasteiger partial charge on any atom is 0.118 e. The van der Waals surface area contributed by atoms with Gasteiger partial charge in [0.25, 0.3) is 0 Å². The van der Waals surface area contributed by atoms with Gasteiger partial charge in [-0.05, 0) is 54.5 Å². The van der Waals surface area contributed by atoms with E-state index in [0.717, 1.165) is 24.8 Å². The number of para-hydroxylation sites is 1. The topological polar surface area (TPSA) is 24.5 Å². The molecule has 3 heteroatoms. The number of hydrogen-bond donors (Lipinski definition) is 1. The van der Waals surface area contributed by atoms with Crippen molar-refractivity contribution in [2.24, 2.45) is 5.92 Å². The SMILES string of the molecule is CC(C)C.COc1ccc(CNCc2ccccc2N2CCCCC2)cc1. The molecular weight excluding hydrogens is 332 g/mol. The Balaban J connectivity index is 0.000000596. The summed E-state index contributed by atoms with van der Waals surface area (Å²) in [5.41, 5.74) is 4.07. The molecule has 0 aromatic heterocycles. The third kappa shape index (κ3) is 7.64. The van der Waals surface area contributed by atoms with Crippen LogP contribution in [-0.4, -0.2) is 20.2 Å². The van der Waals surface area contributed by atoms with E-state index in [1.807, 2.05) is 12.1 Å². The molecule has 1 fully saturated rings. The molecule has 3 rings (SSSR count). The van der Waals surface area contributed by atoms with E-state index in [1.165, 1.54) is 49.2 Å². The van der Waals surface area contributed by atoms with Gasteiger partial charge < -0.3 is 15.0 Å². The predicted octanol–water partition coefficient (Wildman–Crippen LogP) is 5.64. The first-order valence-electron chi connectivity index (χ1n) is 10.3. The molecule has 1 aliphatic rings. The largest absolute Gasteiger partial charge is 0.497 e. The highest BCUT2D eigenvalue weighted by atomic mass is 16.5. The summed E-state index contributed by atoms with van der Waals surface area (Å²) in [7, 11) is 1.70. The number of nitrogens with zero attached hydrogens (tertiary/aromatic N) is 1. The van der Waals surface area contributed by atoms with Crippen molar-refractivity contribution in [1.82, 2.24) is 5.32 Å². The van der Waals surface area contributed by atoms with E-state index in [4.69, 9.17) is 4.74 Å². The summed E-state index contributed by atoms with van der Waals surface area (Å²) in [6.07, 6.45) is 4.00. The van der Waals surface area contributed by atoms with Crippen LogP contribution < -0.4 is 15.0 Å². The fraction of sp³-hybridized carbons (Fsp3) is 0.500. The van der Waals surface area contributed by atoms with Crippen molar-refractivity contribution in [2.45, 2.75) is 53.1 Å². The van der Waals surface area contributed by atoms with Crippen LogP contribution in [0.3, 0.4) is 0 Å². The van der Waals surface area contributed by atoms with Gasteiger partial charge in [0.2, 0.25) is 0 Å². The maximum absolute atomic E-state index is 5.20. The van der Waals surface area contributed by atoms with Crippen molar-refractivity contribution in [3.63, 3.8) is 0 Å². The normalized spacial score (nSPS) is 13.9. The Morgan fingerprint density at radius 1 is 0.889 bits per heavy atom. The van der Waals surface area contributed by atoms with E-state index in [1.54, 1.807) is 7.11 Å². The summed E-state index contributed by atoms with van der Waals surface area (Å²) in [5, 5.41) is 3.57. The van der Waals surface area contributed by atoms with Crippen LogP contribution in [0.4, 0.5) is 5.69 Å². The fourth-order valence-corrected chi connectivity index (χ4v) is 3.19. The Bertz CT molecular complexity index is 643. The van der Waals surface area contributed by atoms with Crippen LogP contribution in [0.15, 0.2) is 48.5 Å². The lowest BCUT2D eigenvalue weighted by Crippen LogP contribution is -2.30. The van der Waals surface area contributed by atoms with Gasteiger partial charge in [-0.2, -0.15) is 0 Å². The highest BCUT2D eigenvalue weighted by Gasteiger charge is 2.13. The lowest BCUT2D eigenvalue weighted by atomic mass is 10.1. The molecule has 1 N–H and O–H groups in total. The summed E-state index contributed by atoms with van der Waals surface area (Å²) in [4.78, 5) is 2.54. The summed E-state index contributed by atoms with van der Waals surface area (Å²) in [6.45, 7) is 10.7. The van der Waals surface area contributed by atoms with Crippen LogP contribution in [0.25, 0.3) is 0 Å². The minimum atomic E-state index is 0.833. The molecule has 2 aromatic rings. The summed E-state index contributed by atoms with van der Waals surface area (Å²) < 4.78 is 5.20. The summed E-state index contributed by atoms with van der Waals surface area (Å²) >= 11 is 0. The van der Waals surface area contributed by atoms with Crippen LogP contribution in [0, 0.1) is 5.92 Å². The minimum absolute atomic E-state index is 0.833. The third-order valence-corrected chi connectivity index (χ3v) is 4.49. The van der Waals surface area contributed by atoms with Gasteiger partial charge in [-0.25, -0.2) is 0 Å². The average Bonchev–Trinajstić information content (AvgIpc) is 2.69. The first-order chi connectivity index (χ1) is 13.1. The molecule has 148 valence electrons. The Labute approximate surface area is 165 Å². The van der Waals surface area contributed by atoms with E-state index < -0.39 is 0 Å². The summed E-state index contributed by atoms with van der Waals surface area (Å²) in [6, 6.07) is 17.0. The van der Waals surface area contributed by atoms with Crippen LogP contribution in [-0.2, 0) is 13.1 Å². The number of benzene rings is 2. The summed E-state index contributed by atoms with van der Waals surface area (Å²) in [5.74, 6) is 1.74. The van der Waals surface area contributed by atoms with E-state index in [-0.39, 0.29) is 0 Å². The lowest BCUT2D eigenvalue weighted by molar-refractivity contribution is 0.414. The van der Waals surface area contributed by atoms with E-state index in [9.17, 15) is 0 Å². The van der Waals surface area contributed by atoms with Gasteiger partial charge in [-0.1, -0.05) is 51.1 Å². The van der Waals surface area contributed by atoms with Gasteiger partial charge in [0.1, 0.15) is 5.75 Å². The average molecular weight is 369 g/mol. The van der Waals surface area contributed by atoms with E-state index in [0.29, 0.717) is 0 Å². The van der Waals surface area contributed by atoms with Crippen molar-refractivity contribution >= 4 is 5.69 Å². The second-order valence-electron chi connectivity index (χ2n) is 7.86. The lowest BCUT2D eigenvalue weighted by Gasteiger charge is -2.30. The zero-order valence-corrected chi connectivity index (χ0v) is 17.5. The maximum atomic E-state index is 5.20. The van der Waals surface area contributed by atoms with Crippen molar-refractivity contribution in [1.29, 1.82) is 0 Å². The quantitative estimate of drug-likeness (QED) is 0.714. The minimum Gasteiger partial charge on any atom is -0.497 e. The van der Waals surface area contributed by atoms with Crippen molar-refractivity contribution in [3.05, 3.63) is 59.7 Å². The zero-order chi connectivity index (χ0) is 19.5. The number of methoxy groups -OCH3 is 1. The van der Waals surface area contributed by atoms with Gasteiger partial charge in [-0.3, -0.25) is 0 Å². The molecule has 0 amide bonds. The molecule has 0 unspecified atom stereocenters. The van der Waals surface area contributed by atoms with Crippen molar-refractivity contribution in [3.8, 4) is 5.75 Å². The Hall–Kier alpha value is -2.00. The van der Waals surface area contributed by atoms with Crippen LogP contribution in [0.2, 0.25) is 0 Å². The number of nitrogens with one attached hydrogen (secondary N) is 1.